The number of nitrogens with zero attached hydrogens (tertiary/aromatic N) is 2. The van der Waals surface area contributed by atoms with Gasteiger partial charge in [0.15, 0.2) is 0 Å². The first-order valence-electron chi connectivity index (χ1n) is 10.8. The third kappa shape index (κ3) is 5.82. The highest BCUT2D eigenvalue weighted by Crippen LogP contribution is 2.37. The standard InChI is InChI=1S/C23H27F4N5O2/c1-13(23(25,26)27)21-14-5-4-6-17(30-18-8-10-32(3)12-16(18)24)15(14)11-19(31-21)22(34)29-9-7-20(33)28-2/h4-6,11,16,18,30H,1,7-10,12H2,2-3H3,(H,28,33)(H,29,34)/t16-,18+/m0/s1. The number of piperidine rings is 1. The maximum Gasteiger partial charge on any atom is 0.417 e. The summed E-state index contributed by atoms with van der Waals surface area (Å²) in [5.41, 5.74) is -1.55. The van der Waals surface area contributed by atoms with Crippen LogP contribution in [0.3, 0.4) is 0 Å². The first-order chi connectivity index (χ1) is 16.0. The number of nitrogens with one attached hydrogen (secondary N) is 3. The fourth-order valence-electron chi connectivity index (χ4n) is 3.81. The van der Waals surface area contributed by atoms with Crippen LogP contribution in [0.2, 0.25) is 0 Å². The summed E-state index contributed by atoms with van der Waals surface area (Å²) in [4.78, 5) is 29.9. The zero-order valence-corrected chi connectivity index (χ0v) is 18.9. The first kappa shape index (κ1) is 25.4. The fourth-order valence-corrected chi connectivity index (χ4v) is 3.81. The second-order valence-corrected chi connectivity index (χ2v) is 8.23. The number of fused-ring (bicyclic) bond motifs is 1. The summed E-state index contributed by atoms with van der Waals surface area (Å²) in [6, 6.07) is 5.46. The minimum atomic E-state index is -4.77. The Hall–Kier alpha value is -3.21. The average molecular weight is 481 g/mol. The van der Waals surface area contributed by atoms with Gasteiger partial charge in [-0.1, -0.05) is 18.7 Å². The highest BCUT2D eigenvalue weighted by Gasteiger charge is 2.35. The van der Waals surface area contributed by atoms with Crippen LogP contribution >= 0.6 is 0 Å². The number of halogens is 4. The highest BCUT2D eigenvalue weighted by molar-refractivity contribution is 6.04. The predicted octanol–water partition coefficient (Wildman–Crippen LogP) is 3.13. The molecule has 0 unspecified atom stereocenters. The molecule has 2 amide bonds. The average Bonchev–Trinajstić information content (AvgIpc) is 2.79. The molecule has 184 valence electrons. The second-order valence-electron chi connectivity index (χ2n) is 8.23. The molecular weight excluding hydrogens is 454 g/mol. The van der Waals surface area contributed by atoms with Crippen molar-refractivity contribution in [2.24, 2.45) is 0 Å². The van der Waals surface area contributed by atoms with Crippen LogP contribution in [0.5, 0.6) is 0 Å². The molecule has 1 fully saturated rings. The van der Waals surface area contributed by atoms with Crippen molar-refractivity contribution in [2.75, 3.05) is 39.0 Å². The topological polar surface area (TPSA) is 86.4 Å². The third-order valence-electron chi connectivity index (χ3n) is 5.74. The van der Waals surface area contributed by atoms with Crippen LogP contribution in [0.4, 0.5) is 23.2 Å². The summed E-state index contributed by atoms with van der Waals surface area (Å²) in [6.07, 6.45) is -5.43. The molecule has 7 nitrogen and oxygen atoms in total. The van der Waals surface area contributed by atoms with Crippen molar-refractivity contribution in [3.8, 4) is 0 Å². The zero-order chi connectivity index (χ0) is 25.0. The second kappa shape index (κ2) is 10.4. The van der Waals surface area contributed by atoms with Crippen molar-refractivity contribution >= 4 is 33.8 Å². The summed E-state index contributed by atoms with van der Waals surface area (Å²) >= 11 is 0. The maximum atomic E-state index is 14.6. The minimum absolute atomic E-state index is 0.00123. The fraction of sp³-hybridized carbons (Fsp3) is 0.435. The largest absolute Gasteiger partial charge is 0.417 e. The lowest BCUT2D eigenvalue weighted by Gasteiger charge is -2.33. The molecular formula is C23H27F4N5O2. The van der Waals surface area contributed by atoms with Gasteiger partial charge < -0.3 is 20.9 Å². The van der Waals surface area contributed by atoms with Gasteiger partial charge in [0.25, 0.3) is 5.91 Å². The maximum absolute atomic E-state index is 14.6. The van der Waals surface area contributed by atoms with Crippen LogP contribution in [0, 0.1) is 0 Å². The van der Waals surface area contributed by atoms with Crippen LogP contribution in [0.15, 0.2) is 30.8 Å². The molecule has 0 spiro atoms. The number of alkyl halides is 4. The normalized spacial score (nSPS) is 19.0. The lowest BCUT2D eigenvalue weighted by molar-refractivity contribution is -0.120. The molecule has 2 atom stereocenters. The van der Waals surface area contributed by atoms with E-state index in [9.17, 15) is 27.2 Å². The number of rotatable bonds is 7. The van der Waals surface area contributed by atoms with Crippen LogP contribution in [0.25, 0.3) is 16.3 Å². The van der Waals surface area contributed by atoms with Gasteiger partial charge in [-0.3, -0.25) is 9.59 Å². The Balaban J connectivity index is 2.02. The van der Waals surface area contributed by atoms with Gasteiger partial charge in [-0.25, -0.2) is 9.37 Å². The molecule has 34 heavy (non-hydrogen) atoms. The number of allylic oxidation sites excluding steroid dienone is 1. The number of pyridine rings is 1. The summed E-state index contributed by atoms with van der Waals surface area (Å²) in [5.74, 6) is -1.04. The summed E-state index contributed by atoms with van der Waals surface area (Å²) < 4.78 is 55.2. The van der Waals surface area contributed by atoms with E-state index >= 15 is 0 Å². The van der Waals surface area contributed by atoms with Gasteiger partial charge in [-0.15, -0.1) is 0 Å². The van der Waals surface area contributed by atoms with E-state index in [4.69, 9.17) is 0 Å². The van der Waals surface area contributed by atoms with Gasteiger partial charge in [-0.2, -0.15) is 13.2 Å². The van der Waals surface area contributed by atoms with Crippen molar-refractivity contribution in [2.45, 2.75) is 31.2 Å². The number of hydrogen-bond donors (Lipinski definition) is 3. The number of carbonyl (C=O) groups is 2. The highest BCUT2D eigenvalue weighted by atomic mass is 19.4. The van der Waals surface area contributed by atoms with Crippen molar-refractivity contribution in [3.05, 3.63) is 42.2 Å². The van der Waals surface area contributed by atoms with Gasteiger partial charge >= 0.3 is 6.18 Å². The van der Waals surface area contributed by atoms with E-state index in [0.29, 0.717) is 24.0 Å². The van der Waals surface area contributed by atoms with Crippen LogP contribution in [-0.2, 0) is 4.79 Å². The molecule has 0 radical (unpaired) electrons. The van der Waals surface area contributed by atoms with Gasteiger partial charge in [0.2, 0.25) is 5.91 Å². The SMILES string of the molecule is C=C(c1nc(C(=O)NCCC(=O)NC)cc2c(N[C@@H]3CCN(C)C[C@@H]3F)cccc12)C(F)(F)F. The molecule has 0 saturated carbocycles. The van der Waals surface area contributed by atoms with Crippen molar-refractivity contribution in [1.29, 1.82) is 0 Å². The summed E-state index contributed by atoms with van der Waals surface area (Å²) in [5, 5.41) is 8.43. The Morgan fingerprint density at radius 1 is 1.26 bits per heavy atom. The molecule has 0 bridgehead atoms. The van der Waals surface area contributed by atoms with Gasteiger partial charge in [0.05, 0.1) is 17.3 Å². The van der Waals surface area contributed by atoms with E-state index in [1.54, 1.807) is 12.1 Å². The van der Waals surface area contributed by atoms with Crippen molar-refractivity contribution in [1.82, 2.24) is 20.5 Å². The van der Waals surface area contributed by atoms with Crippen LogP contribution < -0.4 is 16.0 Å². The summed E-state index contributed by atoms with van der Waals surface area (Å²) in [6.45, 7) is 4.03. The minimum Gasteiger partial charge on any atom is -0.379 e. The number of hydrogen-bond acceptors (Lipinski definition) is 5. The lowest BCUT2D eigenvalue weighted by atomic mass is 9.99. The van der Waals surface area contributed by atoms with Crippen molar-refractivity contribution < 1.29 is 27.2 Å². The molecule has 2 heterocycles. The molecule has 3 rings (SSSR count). The number of amides is 2. The summed E-state index contributed by atoms with van der Waals surface area (Å²) in [7, 11) is 3.27. The molecule has 3 N–H and O–H groups in total. The van der Waals surface area contributed by atoms with E-state index in [0.717, 1.165) is 0 Å². The number of likely N-dealkylation sites (tertiary alicyclic amines) is 1. The molecule has 11 heteroatoms. The third-order valence-corrected chi connectivity index (χ3v) is 5.74. The lowest BCUT2D eigenvalue weighted by Crippen LogP contribution is -2.46. The Morgan fingerprint density at radius 3 is 2.65 bits per heavy atom. The van der Waals surface area contributed by atoms with E-state index in [-0.39, 0.29) is 36.5 Å². The molecule has 1 aliphatic rings. The number of anilines is 1. The number of carbonyl (C=O) groups excluding carboxylic acids is 2. The number of benzene rings is 1. The Kier molecular flexibility index (Phi) is 7.75. The Labute approximate surface area is 194 Å². The Morgan fingerprint density at radius 2 is 2.00 bits per heavy atom. The quantitative estimate of drug-likeness (QED) is 0.529. The number of aromatic nitrogens is 1. The van der Waals surface area contributed by atoms with Crippen LogP contribution in [-0.4, -0.2) is 73.8 Å². The molecule has 1 aromatic heterocycles. The van der Waals surface area contributed by atoms with E-state index in [1.165, 1.54) is 19.2 Å². The monoisotopic (exact) mass is 481 g/mol. The smallest absolute Gasteiger partial charge is 0.379 e. The van der Waals surface area contributed by atoms with Crippen molar-refractivity contribution in [3.63, 3.8) is 0 Å². The zero-order valence-electron chi connectivity index (χ0n) is 18.9. The van der Waals surface area contributed by atoms with E-state index in [1.807, 2.05) is 11.9 Å². The van der Waals surface area contributed by atoms with E-state index in [2.05, 4.69) is 27.5 Å². The van der Waals surface area contributed by atoms with Crippen LogP contribution in [0.1, 0.15) is 29.0 Å². The molecule has 1 saturated heterocycles. The van der Waals surface area contributed by atoms with Gasteiger partial charge in [-0.05, 0) is 25.6 Å². The first-order valence-corrected chi connectivity index (χ1v) is 10.8. The molecule has 1 aromatic carbocycles. The molecule has 1 aliphatic heterocycles. The van der Waals surface area contributed by atoms with Gasteiger partial charge in [0.1, 0.15) is 11.9 Å². The van der Waals surface area contributed by atoms with Gasteiger partial charge in [0, 0.05) is 49.6 Å². The molecule has 0 aliphatic carbocycles. The predicted molar refractivity (Wildman–Crippen MR) is 122 cm³/mol. The van der Waals surface area contributed by atoms with E-state index < -0.39 is 35.6 Å². The molecule has 2 aromatic rings. The Bertz CT molecular complexity index is 1090.